The predicted octanol–water partition coefficient (Wildman–Crippen LogP) is 1.69. The minimum Gasteiger partial charge on any atom is -0.330 e. The van der Waals surface area contributed by atoms with Crippen molar-refractivity contribution in [3.63, 3.8) is 0 Å². The van der Waals surface area contributed by atoms with E-state index in [1.165, 1.54) is 0 Å². The molecule has 0 radical (unpaired) electrons. The third kappa shape index (κ3) is 2.48. The predicted molar refractivity (Wildman–Crippen MR) is 52.1 cm³/mol. The highest BCUT2D eigenvalue weighted by molar-refractivity contribution is 6.30. The number of halogens is 1. The Kier molecular flexibility index (Phi) is 3.53. The van der Waals surface area contributed by atoms with Crippen LogP contribution in [0.25, 0.3) is 0 Å². The standard InChI is InChI=1S/C9H13ClN2/c10-8-3-1-7(2-4-8)9(12)5-6-11/h1-4,9H,5-6,11-12H2/t9-/m1/s1. The van der Waals surface area contributed by atoms with Gasteiger partial charge in [0.1, 0.15) is 0 Å². The topological polar surface area (TPSA) is 52.0 Å². The van der Waals surface area contributed by atoms with Gasteiger partial charge in [-0.3, -0.25) is 0 Å². The molecule has 1 aromatic rings. The first-order valence-electron chi connectivity index (χ1n) is 3.95. The lowest BCUT2D eigenvalue weighted by Gasteiger charge is -2.09. The third-order valence-corrected chi connectivity index (χ3v) is 2.03. The molecule has 1 atom stereocenters. The van der Waals surface area contributed by atoms with Crippen LogP contribution in [0.2, 0.25) is 5.02 Å². The minimum atomic E-state index is 0.0345. The maximum Gasteiger partial charge on any atom is 0.0406 e. The zero-order chi connectivity index (χ0) is 8.97. The van der Waals surface area contributed by atoms with Crippen LogP contribution in [-0.2, 0) is 0 Å². The van der Waals surface area contributed by atoms with Gasteiger partial charge in [0.05, 0.1) is 0 Å². The lowest BCUT2D eigenvalue weighted by atomic mass is 10.1. The van der Waals surface area contributed by atoms with Gasteiger partial charge < -0.3 is 11.5 Å². The molecule has 4 N–H and O–H groups in total. The first-order valence-corrected chi connectivity index (χ1v) is 4.33. The van der Waals surface area contributed by atoms with Gasteiger partial charge in [-0.05, 0) is 30.7 Å². The fourth-order valence-electron chi connectivity index (χ4n) is 1.06. The van der Waals surface area contributed by atoms with Crippen LogP contribution in [0.15, 0.2) is 24.3 Å². The van der Waals surface area contributed by atoms with Crippen molar-refractivity contribution in [1.82, 2.24) is 0 Å². The Morgan fingerprint density at radius 1 is 1.25 bits per heavy atom. The monoisotopic (exact) mass is 184 g/mol. The van der Waals surface area contributed by atoms with Crippen LogP contribution in [0.4, 0.5) is 0 Å². The van der Waals surface area contributed by atoms with Crippen LogP contribution >= 0.6 is 11.6 Å². The van der Waals surface area contributed by atoms with E-state index in [9.17, 15) is 0 Å². The molecule has 0 amide bonds. The average molecular weight is 185 g/mol. The lowest BCUT2D eigenvalue weighted by Crippen LogP contribution is -2.14. The van der Waals surface area contributed by atoms with E-state index in [1.54, 1.807) is 0 Å². The van der Waals surface area contributed by atoms with Gasteiger partial charge in [0.15, 0.2) is 0 Å². The van der Waals surface area contributed by atoms with Gasteiger partial charge in [0.2, 0.25) is 0 Å². The van der Waals surface area contributed by atoms with Gasteiger partial charge in [-0.15, -0.1) is 0 Å². The van der Waals surface area contributed by atoms with Gasteiger partial charge in [-0.25, -0.2) is 0 Å². The molecule has 0 aliphatic heterocycles. The first kappa shape index (κ1) is 9.52. The maximum absolute atomic E-state index is 5.83. The molecule has 0 aromatic heterocycles. The normalized spacial score (nSPS) is 12.9. The summed E-state index contributed by atoms with van der Waals surface area (Å²) < 4.78 is 0. The molecule has 12 heavy (non-hydrogen) atoms. The highest BCUT2D eigenvalue weighted by Gasteiger charge is 2.03. The molecule has 0 saturated carbocycles. The van der Waals surface area contributed by atoms with Crippen molar-refractivity contribution in [2.75, 3.05) is 6.54 Å². The smallest absolute Gasteiger partial charge is 0.0406 e. The summed E-state index contributed by atoms with van der Waals surface area (Å²) >= 11 is 5.73. The summed E-state index contributed by atoms with van der Waals surface area (Å²) in [5.74, 6) is 0. The Hall–Kier alpha value is -0.570. The van der Waals surface area contributed by atoms with E-state index in [0.29, 0.717) is 6.54 Å². The lowest BCUT2D eigenvalue weighted by molar-refractivity contribution is 0.661. The molecule has 0 saturated heterocycles. The molecule has 0 fully saturated rings. The summed E-state index contributed by atoms with van der Waals surface area (Å²) in [6.45, 7) is 0.615. The van der Waals surface area contributed by atoms with Crippen LogP contribution in [0.5, 0.6) is 0 Å². The van der Waals surface area contributed by atoms with Crippen LogP contribution in [-0.4, -0.2) is 6.54 Å². The maximum atomic E-state index is 5.83. The van der Waals surface area contributed by atoms with E-state index < -0.39 is 0 Å². The van der Waals surface area contributed by atoms with E-state index in [1.807, 2.05) is 24.3 Å². The fraction of sp³-hybridized carbons (Fsp3) is 0.333. The molecule has 1 rings (SSSR count). The van der Waals surface area contributed by atoms with Gasteiger partial charge in [0.25, 0.3) is 0 Å². The van der Waals surface area contributed by atoms with Gasteiger partial charge in [-0.1, -0.05) is 23.7 Å². The van der Waals surface area contributed by atoms with Gasteiger partial charge in [-0.2, -0.15) is 0 Å². The zero-order valence-electron chi connectivity index (χ0n) is 6.83. The van der Waals surface area contributed by atoms with E-state index in [-0.39, 0.29) is 6.04 Å². The minimum absolute atomic E-state index is 0.0345. The summed E-state index contributed by atoms with van der Waals surface area (Å²) in [6, 6.07) is 7.58. The van der Waals surface area contributed by atoms with E-state index in [4.69, 9.17) is 23.1 Å². The Morgan fingerprint density at radius 3 is 2.33 bits per heavy atom. The van der Waals surface area contributed by atoms with Crippen molar-refractivity contribution >= 4 is 11.6 Å². The fourth-order valence-corrected chi connectivity index (χ4v) is 1.18. The quantitative estimate of drug-likeness (QED) is 0.751. The molecular formula is C9H13ClN2. The van der Waals surface area contributed by atoms with Crippen LogP contribution < -0.4 is 11.5 Å². The average Bonchev–Trinajstić information content (AvgIpc) is 2.06. The molecular weight excluding hydrogens is 172 g/mol. The first-order chi connectivity index (χ1) is 5.74. The van der Waals surface area contributed by atoms with Crippen LogP contribution in [0.1, 0.15) is 18.0 Å². The molecule has 0 bridgehead atoms. The highest BCUT2D eigenvalue weighted by atomic mass is 35.5. The van der Waals surface area contributed by atoms with E-state index in [2.05, 4.69) is 0 Å². The van der Waals surface area contributed by atoms with Crippen molar-refractivity contribution in [3.8, 4) is 0 Å². The molecule has 0 aliphatic carbocycles. The summed E-state index contributed by atoms with van der Waals surface area (Å²) in [5, 5.41) is 0.735. The van der Waals surface area contributed by atoms with Crippen molar-refractivity contribution in [1.29, 1.82) is 0 Å². The van der Waals surface area contributed by atoms with Crippen molar-refractivity contribution < 1.29 is 0 Å². The number of hydrogen-bond acceptors (Lipinski definition) is 2. The summed E-state index contributed by atoms with van der Waals surface area (Å²) in [6.07, 6.45) is 0.807. The van der Waals surface area contributed by atoms with Crippen molar-refractivity contribution in [2.45, 2.75) is 12.5 Å². The molecule has 3 heteroatoms. The Balaban J connectivity index is 2.68. The van der Waals surface area contributed by atoms with E-state index >= 15 is 0 Å². The Labute approximate surface area is 77.5 Å². The number of rotatable bonds is 3. The summed E-state index contributed by atoms with van der Waals surface area (Å²) in [7, 11) is 0. The SMILES string of the molecule is NCC[C@@H](N)c1ccc(Cl)cc1. The second-order valence-electron chi connectivity index (χ2n) is 2.74. The Morgan fingerprint density at radius 2 is 1.83 bits per heavy atom. The summed E-state index contributed by atoms with van der Waals surface area (Å²) in [5.41, 5.74) is 12.3. The van der Waals surface area contributed by atoms with Crippen LogP contribution in [0, 0.1) is 0 Å². The largest absolute Gasteiger partial charge is 0.330 e. The van der Waals surface area contributed by atoms with Gasteiger partial charge >= 0.3 is 0 Å². The van der Waals surface area contributed by atoms with Crippen LogP contribution in [0.3, 0.4) is 0 Å². The second-order valence-corrected chi connectivity index (χ2v) is 3.17. The molecule has 66 valence electrons. The number of benzene rings is 1. The van der Waals surface area contributed by atoms with E-state index in [0.717, 1.165) is 17.0 Å². The molecule has 2 nitrogen and oxygen atoms in total. The van der Waals surface area contributed by atoms with Crippen molar-refractivity contribution in [3.05, 3.63) is 34.9 Å². The number of nitrogens with two attached hydrogens (primary N) is 2. The molecule has 1 aromatic carbocycles. The molecule has 0 aliphatic rings. The Bertz CT molecular complexity index is 233. The second kappa shape index (κ2) is 4.45. The molecule has 0 unspecified atom stereocenters. The molecule has 0 heterocycles. The number of hydrogen-bond donors (Lipinski definition) is 2. The third-order valence-electron chi connectivity index (χ3n) is 1.78. The zero-order valence-corrected chi connectivity index (χ0v) is 7.59. The van der Waals surface area contributed by atoms with Crippen molar-refractivity contribution in [2.24, 2.45) is 11.5 Å². The van der Waals surface area contributed by atoms with Gasteiger partial charge in [0, 0.05) is 11.1 Å². The summed E-state index contributed by atoms with van der Waals surface area (Å²) in [4.78, 5) is 0. The molecule has 0 spiro atoms. The highest BCUT2D eigenvalue weighted by Crippen LogP contribution is 2.16.